The van der Waals surface area contributed by atoms with Crippen LogP contribution in [0.15, 0.2) is 91.0 Å². The molecule has 0 aromatic heterocycles. The highest BCUT2D eigenvalue weighted by Gasteiger charge is 2.42. The first-order valence-electron chi connectivity index (χ1n) is 8.43. The lowest BCUT2D eigenvalue weighted by molar-refractivity contribution is -0.126. The zero-order valence-corrected chi connectivity index (χ0v) is 14.6. The number of carbonyl (C=O) groups is 1. The molecule has 1 unspecified atom stereocenters. The van der Waals surface area contributed by atoms with Gasteiger partial charge in [-0.25, -0.2) is 0 Å². The van der Waals surface area contributed by atoms with Gasteiger partial charge in [0.2, 0.25) is 5.91 Å². The summed E-state index contributed by atoms with van der Waals surface area (Å²) in [5, 5.41) is 3.15. The molecule has 1 N–H and O–H groups in total. The van der Waals surface area contributed by atoms with Gasteiger partial charge in [0, 0.05) is 0 Å². The number of benzene rings is 3. The molecule has 124 valence electrons. The van der Waals surface area contributed by atoms with Gasteiger partial charge in [0.15, 0.2) is 0 Å². The van der Waals surface area contributed by atoms with Gasteiger partial charge in [0.1, 0.15) is 0 Å². The topological polar surface area (TPSA) is 29.1 Å². The first-order chi connectivity index (χ1) is 12.3. The van der Waals surface area contributed by atoms with Crippen LogP contribution in [0.5, 0.6) is 0 Å². The Morgan fingerprint density at radius 3 is 1.40 bits per heavy atom. The summed E-state index contributed by atoms with van der Waals surface area (Å²) in [6.07, 6.45) is 0.568. The first-order valence-corrected chi connectivity index (χ1v) is 9.31. The highest BCUT2D eigenvalue weighted by molar-refractivity contribution is 8.01. The van der Waals surface area contributed by atoms with Gasteiger partial charge in [-0.1, -0.05) is 91.0 Å². The molecule has 25 heavy (non-hydrogen) atoms. The van der Waals surface area contributed by atoms with Crippen LogP contribution in [0.3, 0.4) is 0 Å². The van der Waals surface area contributed by atoms with Crippen molar-refractivity contribution in [3.8, 4) is 0 Å². The van der Waals surface area contributed by atoms with Gasteiger partial charge in [-0.3, -0.25) is 4.79 Å². The third-order valence-electron chi connectivity index (χ3n) is 4.55. The molecule has 3 heteroatoms. The second kappa shape index (κ2) is 6.77. The Kier molecular flexibility index (Phi) is 4.33. The van der Waals surface area contributed by atoms with Crippen molar-refractivity contribution >= 4 is 17.7 Å². The van der Waals surface area contributed by atoms with E-state index < -0.39 is 0 Å². The molecule has 1 saturated heterocycles. The smallest absolute Gasteiger partial charge is 0.223 e. The normalized spacial score (nSPS) is 16.8. The zero-order chi connectivity index (χ0) is 17.1. The second-order valence-corrected chi connectivity index (χ2v) is 7.57. The van der Waals surface area contributed by atoms with Crippen molar-refractivity contribution in [1.29, 1.82) is 0 Å². The molecular weight excluding hydrogens is 326 g/mol. The fraction of sp³-hybridized carbons (Fsp3) is 0.136. The summed E-state index contributed by atoms with van der Waals surface area (Å²) in [6, 6.07) is 31.6. The summed E-state index contributed by atoms with van der Waals surface area (Å²) in [5.41, 5.74) is 3.66. The molecule has 1 atom stereocenters. The maximum absolute atomic E-state index is 11.5. The van der Waals surface area contributed by atoms with Gasteiger partial charge in [-0.05, 0) is 16.7 Å². The minimum atomic E-state index is -0.359. The van der Waals surface area contributed by atoms with Crippen LogP contribution < -0.4 is 5.32 Å². The Balaban J connectivity index is 1.92. The van der Waals surface area contributed by atoms with Crippen molar-refractivity contribution in [2.75, 3.05) is 0 Å². The van der Waals surface area contributed by atoms with Gasteiger partial charge in [-0.15, -0.1) is 11.8 Å². The quantitative estimate of drug-likeness (QED) is 0.543. The Morgan fingerprint density at radius 1 is 0.720 bits per heavy atom. The van der Waals surface area contributed by atoms with Crippen LogP contribution in [-0.4, -0.2) is 11.3 Å². The predicted octanol–water partition coefficient (Wildman–Crippen LogP) is 4.56. The molecule has 0 aliphatic carbocycles. The van der Waals surface area contributed by atoms with E-state index in [4.69, 9.17) is 0 Å². The van der Waals surface area contributed by atoms with Crippen molar-refractivity contribution in [1.82, 2.24) is 5.32 Å². The van der Waals surface area contributed by atoms with Gasteiger partial charge in [0.25, 0.3) is 0 Å². The molecule has 3 aromatic carbocycles. The third kappa shape index (κ3) is 2.96. The lowest BCUT2D eigenvalue weighted by Crippen LogP contribution is -2.48. The minimum Gasteiger partial charge on any atom is -0.344 e. The zero-order valence-electron chi connectivity index (χ0n) is 13.8. The molecule has 1 aliphatic heterocycles. The fourth-order valence-corrected chi connectivity index (χ4v) is 5.00. The molecule has 0 radical (unpaired) electrons. The van der Waals surface area contributed by atoms with Gasteiger partial charge < -0.3 is 5.32 Å². The number of nitrogens with one attached hydrogen (secondary N) is 1. The van der Waals surface area contributed by atoms with Crippen LogP contribution in [0.4, 0.5) is 0 Å². The van der Waals surface area contributed by atoms with E-state index in [1.807, 2.05) is 30.0 Å². The lowest BCUT2D eigenvalue weighted by Gasteiger charge is -2.40. The number of carbonyl (C=O) groups excluding carboxylic acids is 1. The van der Waals surface area contributed by atoms with E-state index in [0.717, 1.165) is 0 Å². The van der Waals surface area contributed by atoms with Crippen LogP contribution in [-0.2, 0) is 9.54 Å². The summed E-state index contributed by atoms with van der Waals surface area (Å²) >= 11 is 1.81. The van der Waals surface area contributed by atoms with Gasteiger partial charge in [0.05, 0.1) is 16.5 Å². The Hall–Kier alpha value is -2.52. The summed E-state index contributed by atoms with van der Waals surface area (Å²) < 4.78 is -0.359. The monoisotopic (exact) mass is 345 g/mol. The van der Waals surface area contributed by atoms with E-state index in [1.165, 1.54) is 16.7 Å². The number of rotatable bonds is 5. The number of hydrogen-bond acceptors (Lipinski definition) is 2. The molecule has 2 nitrogen and oxygen atoms in total. The molecule has 4 rings (SSSR count). The van der Waals surface area contributed by atoms with Crippen molar-refractivity contribution in [3.63, 3.8) is 0 Å². The SMILES string of the molecule is O=C1CC(SC(c2ccccc2)(c2ccccc2)c2ccccc2)N1. The van der Waals surface area contributed by atoms with Gasteiger partial charge >= 0.3 is 0 Å². The van der Waals surface area contributed by atoms with Crippen molar-refractivity contribution in [2.45, 2.75) is 16.5 Å². The lowest BCUT2D eigenvalue weighted by atomic mass is 9.84. The Labute approximate surface area is 152 Å². The average Bonchev–Trinajstić information content (AvgIpc) is 2.66. The highest BCUT2D eigenvalue weighted by atomic mass is 32.2. The fourth-order valence-electron chi connectivity index (χ4n) is 3.33. The van der Waals surface area contributed by atoms with Crippen molar-refractivity contribution < 1.29 is 4.79 Å². The van der Waals surface area contributed by atoms with E-state index >= 15 is 0 Å². The molecule has 1 heterocycles. The number of thioether (sulfide) groups is 1. The largest absolute Gasteiger partial charge is 0.344 e. The van der Waals surface area contributed by atoms with E-state index in [1.54, 1.807) is 0 Å². The summed E-state index contributed by atoms with van der Waals surface area (Å²) in [5.74, 6) is 0.126. The number of amides is 1. The first kappa shape index (κ1) is 16.0. The maximum Gasteiger partial charge on any atom is 0.223 e. The van der Waals surface area contributed by atoms with E-state index in [9.17, 15) is 4.79 Å². The molecule has 1 fully saturated rings. The minimum absolute atomic E-state index is 0.119. The molecule has 3 aromatic rings. The second-order valence-electron chi connectivity index (χ2n) is 6.16. The summed E-state index contributed by atoms with van der Waals surface area (Å²) in [4.78, 5) is 11.5. The predicted molar refractivity (Wildman–Crippen MR) is 103 cm³/mol. The molecule has 0 bridgehead atoms. The molecule has 0 spiro atoms. The molecule has 0 saturated carbocycles. The van der Waals surface area contributed by atoms with Crippen molar-refractivity contribution in [2.24, 2.45) is 0 Å². The molecule has 1 aliphatic rings. The van der Waals surface area contributed by atoms with Gasteiger partial charge in [-0.2, -0.15) is 0 Å². The van der Waals surface area contributed by atoms with Crippen LogP contribution >= 0.6 is 11.8 Å². The van der Waals surface area contributed by atoms with E-state index in [2.05, 4.69) is 78.1 Å². The summed E-state index contributed by atoms with van der Waals surface area (Å²) in [6.45, 7) is 0. The molecular formula is C22H19NOS. The number of β-lactam (4-membered cyclic amide) rings is 1. The third-order valence-corrected chi connectivity index (χ3v) is 6.18. The van der Waals surface area contributed by atoms with Crippen LogP contribution in [0.1, 0.15) is 23.1 Å². The van der Waals surface area contributed by atoms with Crippen LogP contribution in [0.2, 0.25) is 0 Å². The summed E-state index contributed by atoms with van der Waals surface area (Å²) in [7, 11) is 0. The Morgan fingerprint density at radius 2 is 1.08 bits per heavy atom. The highest BCUT2D eigenvalue weighted by Crippen LogP contribution is 2.51. The van der Waals surface area contributed by atoms with Crippen LogP contribution in [0.25, 0.3) is 0 Å². The van der Waals surface area contributed by atoms with Crippen molar-refractivity contribution in [3.05, 3.63) is 108 Å². The van der Waals surface area contributed by atoms with E-state index in [-0.39, 0.29) is 16.0 Å². The number of hydrogen-bond donors (Lipinski definition) is 1. The molecule has 1 amide bonds. The Bertz CT molecular complexity index is 744. The standard InChI is InChI=1S/C22H19NOS/c24-20-16-21(23-20)25-22(17-10-4-1-5-11-17,18-12-6-2-7-13-18)19-14-8-3-9-15-19/h1-15,21H,16H2,(H,23,24). The average molecular weight is 345 g/mol. The van der Waals surface area contributed by atoms with Crippen LogP contribution in [0, 0.1) is 0 Å². The van der Waals surface area contributed by atoms with E-state index in [0.29, 0.717) is 6.42 Å². The maximum atomic E-state index is 11.5.